The monoisotopic (exact) mass is 370 g/mol. The summed E-state index contributed by atoms with van der Waals surface area (Å²) in [5.41, 5.74) is 1.09. The number of alkyl halides is 3. The fraction of sp³-hybridized carbons (Fsp3) is 0.556. The standard InChI is InChI=1S/C18H21F3N2O3/c19-18(20,21)14-10-23(9-13(14)16(24)25)17(26)22-15-8-4-7-12(15)11-5-2-1-3-6-11/h1-3,5-6,12-15H,4,7-10H2,(H,22,26)(H,24,25)/t12-,13+,14+,15+/m0/s1. The normalized spacial score (nSPS) is 29.0. The van der Waals surface area contributed by atoms with Gasteiger partial charge in [0.05, 0.1) is 11.8 Å². The predicted octanol–water partition coefficient (Wildman–Crippen LogP) is 3.23. The van der Waals surface area contributed by atoms with Crippen molar-refractivity contribution >= 4 is 12.0 Å². The van der Waals surface area contributed by atoms with Gasteiger partial charge in [0.25, 0.3) is 0 Å². The van der Waals surface area contributed by atoms with Crippen molar-refractivity contribution in [2.75, 3.05) is 13.1 Å². The summed E-state index contributed by atoms with van der Waals surface area (Å²) in [6.07, 6.45) is -2.06. The summed E-state index contributed by atoms with van der Waals surface area (Å²) in [4.78, 5) is 24.6. The van der Waals surface area contributed by atoms with Gasteiger partial charge in [-0.25, -0.2) is 4.79 Å². The molecule has 0 radical (unpaired) electrons. The van der Waals surface area contributed by atoms with Crippen LogP contribution in [0.2, 0.25) is 0 Å². The maximum Gasteiger partial charge on any atom is 0.394 e. The highest BCUT2D eigenvalue weighted by Gasteiger charge is 2.53. The van der Waals surface area contributed by atoms with Crippen molar-refractivity contribution in [3.63, 3.8) is 0 Å². The number of carboxylic acid groups (broad SMARTS) is 1. The van der Waals surface area contributed by atoms with Gasteiger partial charge in [0.1, 0.15) is 0 Å². The molecular weight excluding hydrogens is 349 g/mol. The Labute approximate surface area is 149 Å². The van der Waals surface area contributed by atoms with Crippen molar-refractivity contribution < 1.29 is 27.9 Å². The molecule has 1 aromatic carbocycles. The van der Waals surface area contributed by atoms with E-state index in [-0.39, 0.29) is 12.0 Å². The molecule has 0 aromatic heterocycles. The van der Waals surface area contributed by atoms with Crippen LogP contribution >= 0.6 is 0 Å². The van der Waals surface area contributed by atoms with Gasteiger partial charge in [0, 0.05) is 25.0 Å². The highest BCUT2D eigenvalue weighted by Crippen LogP contribution is 2.38. The quantitative estimate of drug-likeness (QED) is 0.858. The van der Waals surface area contributed by atoms with Gasteiger partial charge >= 0.3 is 18.2 Å². The van der Waals surface area contributed by atoms with Gasteiger partial charge in [-0.1, -0.05) is 36.8 Å². The summed E-state index contributed by atoms with van der Waals surface area (Å²) in [5, 5.41) is 11.9. The van der Waals surface area contributed by atoms with E-state index in [1.807, 2.05) is 30.3 Å². The van der Waals surface area contributed by atoms with Crippen LogP contribution in [0.3, 0.4) is 0 Å². The van der Waals surface area contributed by atoms with E-state index in [1.54, 1.807) is 0 Å². The summed E-state index contributed by atoms with van der Waals surface area (Å²) in [5.74, 6) is -5.05. The summed E-state index contributed by atoms with van der Waals surface area (Å²) in [7, 11) is 0. The van der Waals surface area contributed by atoms with E-state index in [9.17, 15) is 22.8 Å². The molecule has 1 saturated heterocycles. The lowest BCUT2D eigenvalue weighted by Crippen LogP contribution is -2.45. The lowest BCUT2D eigenvalue weighted by molar-refractivity contribution is -0.187. The molecule has 2 N–H and O–H groups in total. The van der Waals surface area contributed by atoms with Crippen molar-refractivity contribution in [2.45, 2.75) is 37.4 Å². The molecular formula is C18H21F3N2O3. The Morgan fingerprint density at radius 3 is 2.38 bits per heavy atom. The van der Waals surface area contributed by atoms with Crippen molar-refractivity contribution in [1.82, 2.24) is 10.2 Å². The minimum atomic E-state index is -4.64. The highest BCUT2D eigenvalue weighted by atomic mass is 19.4. The van der Waals surface area contributed by atoms with Gasteiger partial charge in [-0.3, -0.25) is 4.79 Å². The molecule has 4 atom stereocenters. The Kier molecular flexibility index (Phi) is 5.11. The van der Waals surface area contributed by atoms with E-state index in [4.69, 9.17) is 5.11 Å². The fourth-order valence-corrected chi connectivity index (χ4v) is 4.03. The number of likely N-dealkylation sites (tertiary alicyclic amines) is 1. The first-order valence-corrected chi connectivity index (χ1v) is 8.67. The number of hydrogen-bond donors (Lipinski definition) is 2. The second-order valence-electron chi connectivity index (χ2n) is 7.00. The molecule has 1 aromatic rings. The SMILES string of the molecule is O=C(O)[C@@H]1CN(C(=O)N[C@@H]2CCC[C@H]2c2ccccc2)C[C@H]1C(F)(F)F. The van der Waals surface area contributed by atoms with Crippen LogP contribution in [-0.2, 0) is 4.79 Å². The first kappa shape index (κ1) is 18.5. The van der Waals surface area contributed by atoms with Crippen LogP contribution in [0.1, 0.15) is 30.7 Å². The zero-order valence-corrected chi connectivity index (χ0v) is 14.1. The number of urea groups is 1. The fourth-order valence-electron chi connectivity index (χ4n) is 4.03. The smallest absolute Gasteiger partial charge is 0.394 e. The number of carboxylic acids is 1. The molecule has 0 spiro atoms. The third-order valence-corrected chi connectivity index (χ3v) is 5.40. The van der Waals surface area contributed by atoms with E-state index < -0.39 is 43.1 Å². The number of rotatable bonds is 3. The molecule has 26 heavy (non-hydrogen) atoms. The predicted molar refractivity (Wildman–Crippen MR) is 87.6 cm³/mol. The number of carbonyl (C=O) groups excluding carboxylic acids is 1. The molecule has 1 aliphatic heterocycles. The molecule has 0 bridgehead atoms. The van der Waals surface area contributed by atoms with Gasteiger partial charge in [0.2, 0.25) is 0 Å². The summed E-state index contributed by atoms with van der Waals surface area (Å²) >= 11 is 0. The Morgan fingerprint density at radius 1 is 1.12 bits per heavy atom. The largest absolute Gasteiger partial charge is 0.481 e. The van der Waals surface area contributed by atoms with Crippen LogP contribution < -0.4 is 5.32 Å². The summed E-state index contributed by atoms with van der Waals surface area (Å²) in [6.45, 7) is -1.04. The first-order valence-electron chi connectivity index (χ1n) is 8.67. The van der Waals surface area contributed by atoms with Crippen LogP contribution in [0.5, 0.6) is 0 Å². The Morgan fingerprint density at radius 2 is 1.81 bits per heavy atom. The van der Waals surface area contributed by atoms with E-state index in [0.29, 0.717) is 0 Å². The Hall–Kier alpha value is -2.25. The topological polar surface area (TPSA) is 69.6 Å². The second kappa shape index (κ2) is 7.17. The number of nitrogens with zero attached hydrogens (tertiary/aromatic N) is 1. The third-order valence-electron chi connectivity index (χ3n) is 5.40. The molecule has 1 saturated carbocycles. The minimum Gasteiger partial charge on any atom is -0.481 e. The number of benzene rings is 1. The van der Waals surface area contributed by atoms with Crippen LogP contribution in [0.25, 0.3) is 0 Å². The lowest BCUT2D eigenvalue weighted by atomic mass is 9.94. The molecule has 3 rings (SSSR count). The number of carbonyl (C=O) groups is 2. The molecule has 2 fully saturated rings. The molecule has 2 amide bonds. The van der Waals surface area contributed by atoms with Gasteiger partial charge < -0.3 is 15.3 Å². The first-order chi connectivity index (χ1) is 12.3. The highest BCUT2D eigenvalue weighted by molar-refractivity contribution is 5.78. The average Bonchev–Trinajstić information content (AvgIpc) is 3.22. The number of nitrogens with one attached hydrogen (secondary N) is 1. The summed E-state index contributed by atoms with van der Waals surface area (Å²) < 4.78 is 39.2. The lowest BCUT2D eigenvalue weighted by Gasteiger charge is -2.25. The third kappa shape index (κ3) is 3.78. The van der Waals surface area contributed by atoms with Crippen LogP contribution in [0.4, 0.5) is 18.0 Å². The Balaban J connectivity index is 1.67. The number of aliphatic carboxylic acids is 1. The van der Waals surface area contributed by atoms with Crippen LogP contribution in [0.15, 0.2) is 30.3 Å². The molecule has 0 unspecified atom stereocenters. The van der Waals surface area contributed by atoms with Gasteiger partial charge in [0.15, 0.2) is 0 Å². The zero-order chi connectivity index (χ0) is 18.9. The van der Waals surface area contributed by atoms with Crippen molar-refractivity contribution in [3.05, 3.63) is 35.9 Å². The van der Waals surface area contributed by atoms with E-state index in [1.165, 1.54) is 0 Å². The summed E-state index contributed by atoms with van der Waals surface area (Å²) in [6, 6.07) is 8.92. The molecule has 5 nitrogen and oxygen atoms in total. The number of halogens is 3. The average molecular weight is 370 g/mol. The Bertz CT molecular complexity index is 665. The molecule has 1 heterocycles. The van der Waals surface area contributed by atoms with Gasteiger partial charge in [-0.15, -0.1) is 0 Å². The van der Waals surface area contributed by atoms with Crippen molar-refractivity contribution in [3.8, 4) is 0 Å². The molecule has 2 aliphatic rings. The van der Waals surface area contributed by atoms with Crippen molar-refractivity contribution in [2.24, 2.45) is 11.8 Å². The van der Waals surface area contributed by atoms with Gasteiger partial charge in [-0.2, -0.15) is 13.2 Å². The maximum atomic E-state index is 13.1. The van der Waals surface area contributed by atoms with Gasteiger partial charge in [-0.05, 0) is 18.4 Å². The second-order valence-corrected chi connectivity index (χ2v) is 7.00. The zero-order valence-electron chi connectivity index (χ0n) is 14.1. The molecule has 1 aliphatic carbocycles. The number of amides is 2. The van der Waals surface area contributed by atoms with Crippen LogP contribution in [0, 0.1) is 11.8 Å². The maximum absolute atomic E-state index is 13.1. The van der Waals surface area contributed by atoms with E-state index in [0.717, 1.165) is 29.7 Å². The number of hydrogen-bond acceptors (Lipinski definition) is 2. The van der Waals surface area contributed by atoms with Crippen LogP contribution in [-0.4, -0.2) is 47.3 Å². The van der Waals surface area contributed by atoms with E-state index >= 15 is 0 Å². The minimum absolute atomic E-state index is 0.122. The molecule has 8 heteroatoms. The van der Waals surface area contributed by atoms with Crippen molar-refractivity contribution in [1.29, 1.82) is 0 Å². The molecule has 142 valence electrons. The van der Waals surface area contributed by atoms with E-state index in [2.05, 4.69) is 5.32 Å².